The van der Waals surface area contributed by atoms with E-state index in [4.69, 9.17) is 0 Å². The highest BCUT2D eigenvalue weighted by atomic mass is 32.2. The van der Waals surface area contributed by atoms with Gasteiger partial charge in [0.25, 0.3) is 5.56 Å². The second-order valence-corrected chi connectivity index (χ2v) is 6.50. The summed E-state index contributed by atoms with van der Waals surface area (Å²) >= 11 is 1.82. The lowest BCUT2D eigenvalue weighted by Gasteiger charge is -2.08. The summed E-state index contributed by atoms with van der Waals surface area (Å²) in [5, 5.41) is 9.18. The van der Waals surface area contributed by atoms with Crippen LogP contribution >= 0.6 is 11.8 Å². The molecule has 0 fully saturated rings. The molecular weight excluding hydrogens is 280 g/mol. The fraction of sp³-hybridized carbons (Fsp3) is 0.294. The molecule has 1 heterocycles. The molecule has 0 saturated carbocycles. The molecule has 3 nitrogen and oxygen atoms in total. The maximum Gasteiger partial charge on any atom is 0.266 e. The van der Waals surface area contributed by atoms with Crippen LogP contribution in [-0.2, 0) is 0 Å². The number of benzene rings is 1. The number of aryl methyl sites for hydroxylation is 1. The van der Waals surface area contributed by atoms with Crippen molar-refractivity contribution in [1.29, 1.82) is 5.26 Å². The van der Waals surface area contributed by atoms with Gasteiger partial charge in [0.05, 0.1) is 0 Å². The summed E-state index contributed by atoms with van der Waals surface area (Å²) in [4.78, 5) is 15.7. The Morgan fingerprint density at radius 1 is 1.29 bits per heavy atom. The van der Waals surface area contributed by atoms with Gasteiger partial charge in [-0.2, -0.15) is 5.26 Å². The molecule has 0 saturated heterocycles. The van der Waals surface area contributed by atoms with E-state index in [1.165, 1.54) is 4.90 Å². The average molecular weight is 298 g/mol. The highest BCUT2D eigenvalue weighted by Gasteiger charge is 2.10. The molecule has 1 aromatic carbocycles. The van der Waals surface area contributed by atoms with Crippen LogP contribution in [-0.4, -0.2) is 10.7 Å². The van der Waals surface area contributed by atoms with E-state index in [-0.39, 0.29) is 11.1 Å². The first-order valence-corrected chi connectivity index (χ1v) is 7.87. The van der Waals surface area contributed by atoms with Gasteiger partial charge in [0.1, 0.15) is 11.6 Å². The highest BCUT2D eigenvalue weighted by Crippen LogP contribution is 2.26. The van der Waals surface area contributed by atoms with Crippen LogP contribution in [0.1, 0.15) is 25.1 Å². The standard InChI is InChI=1S/C17H18N2OS/c1-11(2)10-21-14-6-4-13(5-7-14)15-8-12(3)19-17(20)16(15)9-18/h4-8,11H,10H2,1-3H3,(H,19,20). The Balaban J connectivity index is 2.35. The number of nitrogens with zero attached hydrogens (tertiary/aromatic N) is 1. The minimum Gasteiger partial charge on any atom is -0.325 e. The van der Waals surface area contributed by atoms with Crippen LogP contribution in [0.5, 0.6) is 0 Å². The predicted molar refractivity (Wildman–Crippen MR) is 87.5 cm³/mol. The molecule has 4 heteroatoms. The van der Waals surface area contributed by atoms with Crippen molar-refractivity contribution in [3.8, 4) is 17.2 Å². The number of hydrogen-bond acceptors (Lipinski definition) is 3. The SMILES string of the molecule is Cc1cc(-c2ccc(SCC(C)C)cc2)c(C#N)c(=O)[nH]1. The smallest absolute Gasteiger partial charge is 0.266 e. The van der Waals surface area contributed by atoms with Crippen molar-refractivity contribution in [1.82, 2.24) is 4.98 Å². The van der Waals surface area contributed by atoms with Gasteiger partial charge in [0.15, 0.2) is 0 Å². The number of thioether (sulfide) groups is 1. The van der Waals surface area contributed by atoms with E-state index in [1.54, 1.807) is 0 Å². The van der Waals surface area contributed by atoms with Gasteiger partial charge in [-0.1, -0.05) is 26.0 Å². The van der Waals surface area contributed by atoms with E-state index >= 15 is 0 Å². The van der Waals surface area contributed by atoms with E-state index in [2.05, 4.69) is 18.8 Å². The normalized spacial score (nSPS) is 10.6. The quantitative estimate of drug-likeness (QED) is 0.869. The van der Waals surface area contributed by atoms with Crippen molar-refractivity contribution in [2.75, 3.05) is 5.75 Å². The summed E-state index contributed by atoms with van der Waals surface area (Å²) in [7, 11) is 0. The molecule has 0 unspecified atom stereocenters. The van der Waals surface area contributed by atoms with Crippen molar-refractivity contribution >= 4 is 11.8 Å². The zero-order valence-electron chi connectivity index (χ0n) is 12.4. The molecule has 2 aromatic rings. The molecule has 1 N–H and O–H groups in total. The summed E-state index contributed by atoms with van der Waals surface area (Å²) in [6, 6.07) is 11.9. The summed E-state index contributed by atoms with van der Waals surface area (Å²) in [6.07, 6.45) is 0. The molecule has 0 aliphatic carbocycles. The lowest BCUT2D eigenvalue weighted by Crippen LogP contribution is -2.12. The molecule has 0 radical (unpaired) electrons. The van der Waals surface area contributed by atoms with Gasteiger partial charge in [0.2, 0.25) is 0 Å². The number of nitriles is 1. The Bertz CT molecular complexity index is 724. The lowest BCUT2D eigenvalue weighted by atomic mass is 10.0. The maximum atomic E-state index is 11.8. The van der Waals surface area contributed by atoms with Crippen LogP contribution < -0.4 is 5.56 Å². The topological polar surface area (TPSA) is 56.6 Å². The van der Waals surface area contributed by atoms with E-state index < -0.39 is 0 Å². The number of aromatic amines is 1. The van der Waals surface area contributed by atoms with Gasteiger partial charge in [-0.05, 0) is 36.6 Å². The summed E-state index contributed by atoms with van der Waals surface area (Å²) in [6.45, 7) is 6.21. The molecule has 0 atom stereocenters. The van der Waals surface area contributed by atoms with Gasteiger partial charge in [-0.15, -0.1) is 11.8 Å². The van der Waals surface area contributed by atoms with E-state index in [0.29, 0.717) is 11.5 Å². The van der Waals surface area contributed by atoms with Crippen LogP contribution in [0.15, 0.2) is 40.0 Å². The predicted octanol–water partition coefficient (Wildman–Crippen LogP) is 3.97. The number of H-pyrrole nitrogens is 1. The Morgan fingerprint density at radius 2 is 1.95 bits per heavy atom. The third kappa shape index (κ3) is 3.77. The van der Waals surface area contributed by atoms with E-state index in [9.17, 15) is 10.1 Å². The Labute approximate surface area is 129 Å². The van der Waals surface area contributed by atoms with Gasteiger partial charge in [-0.25, -0.2) is 0 Å². The second kappa shape index (κ2) is 6.64. The number of aromatic nitrogens is 1. The van der Waals surface area contributed by atoms with Crippen LogP contribution in [0, 0.1) is 24.2 Å². The minimum absolute atomic E-state index is 0.170. The van der Waals surface area contributed by atoms with Crippen LogP contribution in [0.25, 0.3) is 11.1 Å². The Kier molecular flexibility index (Phi) is 4.87. The third-order valence-corrected chi connectivity index (χ3v) is 4.47. The van der Waals surface area contributed by atoms with Gasteiger partial charge >= 0.3 is 0 Å². The van der Waals surface area contributed by atoms with E-state index in [0.717, 1.165) is 17.0 Å². The van der Waals surface area contributed by atoms with Crippen molar-refractivity contribution in [3.05, 3.63) is 51.9 Å². The van der Waals surface area contributed by atoms with Crippen LogP contribution in [0.2, 0.25) is 0 Å². The first kappa shape index (κ1) is 15.4. The second-order valence-electron chi connectivity index (χ2n) is 5.41. The maximum absolute atomic E-state index is 11.8. The largest absolute Gasteiger partial charge is 0.325 e. The molecule has 0 bridgehead atoms. The first-order valence-electron chi connectivity index (χ1n) is 6.88. The number of rotatable bonds is 4. The first-order chi connectivity index (χ1) is 10.0. The molecule has 108 valence electrons. The van der Waals surface area contributed by atoms with Crippen molar-refractivity contribution < 1.29 is 0 Å². The summed E-state index contributed by atoms with van der Waals surface area (Å²) in [5.41, 5.74) is 2.19. The summed E-state index contributed by atoms with van der Waals surface area (Å²) in [5.74, 6) is 1.72. The molecule has 0 amide bonds. The fourth-order valence-electron chi connectivity index (χ4n) is 2.02. The molecule has 1 aromatic heterocycles. The monoisotopic (exact) mass is 298 g/mol. The third-order valence-electron chi connectivity index (χ3n) is 3.03. The zero-order chi connectivity index (χ0) is 15.4. The lowest BCUT2D eigenvalue weighted by molar-refractivity contribution is 0.750. The minimum atomic E-state index is -0.328. The number of pyridine rings is 1. The van der Waals surface area contributed by atoms with E-state index in [1.807, 2.05) is 55.1 Å². The molecule has 0 aliphatic heterocycles. The number of nitrogens with one attached hydrogen (secondary N) is 1. The van der Waals surface area contributed by atoms with Crippen molar-refractivity contribution in [2.24, 2.45) is 5.92 Å². The molecule has 2 rings (SSSR count). The van der Waals surface area contributed by atoms with Crippen LogP contribution in [0.4, 0.5) is 0 Å². The zero-order valence-corrected chi connectivity index (χ0v) is 13.3. The fourth-order valence-corrected chi connectivity index (χ4v) is 2.88. The van der Waals surface area contributed by atoms with Crippen molar-refractivity contribution in [3.63, 3.8) is 0 Å². The van der Waals surface area contributed by atoms with Gasteiger partial charge < -0.3 is 4.98 Å². The van der Waals surface area contributed by atoms with Gasteiger partial charge in [0, 0.05) is 21.9 Å². The van der Waals surface area contributed by atoms with Crippen molar-refractivity contribution in [2.45, 2.75) is 25.7 Å². The molecule has 0 spiro atoms. The average Bonchev–Trinajstić information content (AvgIpc) is 2.45. The Morgan fingerprint density at radius 3 is 2.52 bits per heavy atom. The number of hydrogen-bond donors (Lipinski definition) is 1. The molecule has 0 aliphatic rings. The highest BCUT2D eigenvalue weighted by molar-refractivity contribution is 7.99. The molecular formula is C17H18N2OS. The van der Waals surface area contributed by atoms with Crippen LogP contribution in [0.3, 0.4) is 0 Å². The Hall–Kier alpha value is -1.99. The molecule has 21 heavy (non-hydrogen) atoms. The van der Waals surface area contributed by atoms with Gasteiger partial charge in [-0.3, -0.25) is 4.79 Å². The summed E-state index contributed by atoms with van der Waals surface area (Å²) < 4.78 is 0.